The highest BCUT2D eigenvalue weighted by Gasteiger charge is 2.05. The van der Waals surface area contributed by atoms with Crippen LogP contribution in [-0.2, 0) is 6.54 Å². The first-order valence-electron chi connectivity index (χ1n) is 6.58. The van der Waals surface area contributed by atoms with Gasteiger partial charge in [0.05, 0.1) is 6.10 Å². The van der Waals surface area contributed by atoms with Crippen molar-refractivity contribution in [3.63, 3.8) is 0 Å². The van der Waals surface area contributed by atoms with Crippen LogP contribution in [0.2, 0.25) is 0 Å². The Balaban J connectivity index is 2.31. The molecule has 0 bridgehead atoms. The summed E-state index contributed by atoms with van der Waals surface area (Å²) in [6.07, 6.45) is 8.18. The summed E-state index contributed by atoms with van der Waals surface area (Å²) in [4.78, 5) is 4.19. The van der Waals surface area contributed by atoms with Crippen molar-refractivity contribution in [2.24, 2.45) is 5.73 Å². The first-order valence-corrected chi connectivity index (χ1v) is 6.58. The smallest absolute Gasteiger partial charge is 0.213 e. The summed E-state index contributed by atoms with van der Waals surface area (Å²) in [5, 5.41) is 0. The third-order valence-corrected chi connectivity index (χ3v) is 2.82. The van der Waals surface area contributed by atoms with Crippen molar-refractivity contribution in [2.45, 2.75) is 58.6 Å². The Labute approximate surface area is 104 Å². The zero-order chi connectivity index (χ0) is 12.5. The quantitative estimate of drug-likeness (QED) is 0.705. The maximum Gasteiger partial charge on any atom is 0.213 e. The van der Waals surface area contributed by atoms with Gasteiger partial charge >= 0.3 is 0 Å². The molecule has 17 heavy (non-hydrogen) atoms. The highest BCUT2D eigenvalue weighted by Crippen LogP contribution is 2.14. The van der Waals surface area contributed by atoms with E-state index in [1.165, 1.54) is 25.7 Å². The molecule has 0 aliphatic carbocycles. The zero-order valence-electron chi connectivity index (χ0n) is 11.0. The fourth-order valence-corrected chi connectivity index (χ4v) is 1.77. The van der Waals surface area contributed by atoms with E-state index in [1.807, 2.05) is 12.1 Å². The molecule has 1 unspecified atom stereocenters. The van der Waals surface area contributed by atoms with Gasteiger partial charge in [-0.05, 0) is 31.4 Å². The predicted molar refractivity (Wildman–Crippen MR) is 71.0 cm³/mol. The molecular formula is C14H24N2O. The molecule has 3 nitrogen and oxygen atoms in total. The van der Waals surface area contributed by atoms with Gasteiger partial charge in [0.2, 0.25) is 5.88 Å². The predicted octanol–water partition coefficient (Wildman–Crippen LogP) is 3.28. The van der Waals surface area contributed by atoms with Gasteiger partial charge in [0, 0.05) is 18.8 Å². The van der Waals surface area contributed by atoms with Crippen LogP contribution in [0.15, 0.2) is 18.3 Å². The standard InChI is InChI=1S/C14H24N2O/c1-3-4-5-6-7-12(2)17-14-10-13(11-15)8-9-16-14/h8-10,12H,3-7,11,15H2,1-2H3. The fraction of sp³-hybridized carbons (Fsp3) is 0.643. The van der Waals surface area contributed by atoms with E-state index in [9.17, 15) is 0 Å². The summed E-state index contributed by atoms with van der Waals surface area (Å²) in [5.74, 6) is 0.691. The normalized spacial score (nSPS) is 12.4. The summed E-state index contributed by atoms with van der Waals surface area (Å²) in [6, 6.07) is 3.83. The number of nitrogens with zero attached hydrogens (tertiary/aromatic N) is 1. The summed E-state index contributed by atoms with van der Waals surface area (Å²) >= 11 is 0. The second-order valence-corrected chi connectivity index (χ2v) is 4.48. The molecule has 1 heterocycles. The van der Waals surface area contributed by atoms with Crippen LogP contribution in [0.3, 0.4) is 0 Å². The van der Waals surface area contributed by atoms with Crippen molar-refractivity contribution in [3.05, 3.63) is 23.9 Å². The van der Waals surface area contributed by atoms with E-state index in [0.29, 0.717) is 12.4 Å². The molecule has 1 rings (SSSR count). The van der Waals surface area contributed by atoms with Crippen molar-refractivity contribution in [1.82, 2.24) is 4.98 Å². The Morgan fingerprint density at radius 1 is 1.35 bits per heavy atom. The molecule has 0 aliphatic heterocycles. The number of pyridine rings is 1. The molecule has 0 saturated heterocycles. The van der Waals surface area contributed by atoms with E-state index < -0.39 is 0 Å². The van der Waals surface area contributed by atoms with Crippen LogP contribution in [-0.4, -0.2) is 11.1 Å². The van der Waals surface area contributed by atoms with E-state index in [-0.39, 0.29) is 6.10 Å². The summed E-state index contributed by atoms with van der Waals surface area (Å²) in [7, 11) is 0. The Bertz CT molecular complexity index is 315. The van der Waals surface area contributed by atoms with Gasteiger partial charge in [0.15, 0.2) is 0 Å². The van der Waals surface area contributed by atoms with E-state index in [2.05, 4.69) is 18.8 Å². The molecule has 0 spiro atoms. The first-order chi connectivity index (χ1) is 8.26. The monoisotopic (exact) mass is 236 g/mol. The fourth-order valence-electron chi connectivity index (χ4n) is 1.77. The van der Waals surface area contributed by atoms with E-state index >= 15 is 0 Å². The minimum absolute atomic E-state index is 0.229. The molecule has 1 aromatic heterocycles. The van der Waals surface area contributed by atoms with Crippen molar-refractivity contribution in [1.29, 1.82) is 0 Å². The SMILES string of the molecule is CCCCCCC(C)Oc1cc(CN)ccn1. The molecule has 0 fully saturated rings. The molecule has 1 atom stereocenters. The zero-order valence-corrected chi connectivity index (χ0v) is 11.0. The molecule has 0 saturated carbocycles. The van der Waals surface area contributed by atoms with Gasteiger partial charge in [-0.2, -0.15) is 0 Å². The number of hydrogen-bond acceptors (Lipinski definition) is 3. The van der Waals surface area contributed by atoms with E-state index in [0.717, 1.165) is 12.0 Å². The molecular weight excluding hydrogens is 212 g/mol. The van der Waals surface area contributed by atoms with Crippen molar-refractivity contribution in [3.8, 4) is 5.88 Å². The minimum atomic E-state index is 0.229. The first kappa shape index (κ1) is 14.0. The van der Waals surface area contributed by atoms with Crippen LogP contribution in [0.25, 0.3) is 0 Å². The molecule has 3 heteroatoms. The van der Waals surface area contributed by atoms with Crippen molar-refractivity contribution in [2.75, 3.05) is 0 Å². The summed E-state index contributed by atoms with van der Waals surface area (Å²) < 4.78 is 5.77. The highest BCUT2D eigenvalue weighted by molar-refractivity contribution is 5.20. The van der Waals surface area contributed by atoms with Gasteiger partial charge in [0.25, 0.3) is 0 Å². The average Bonchev–Trinajstić information content (AvgIpc) is 2.35. The van der Waals surface area contributed by atoms with Crippen LogP contribution < -0.4 is 10.5 Å². The molecule has 2 N–H and O–H groups in total. The van der Waals surface area contributed by atoms with Gasteiger partial charge < -0.3 is 10.5 Å². The third kappa shape index (κ3) is 5.68. The topological polar surface area (TPSA) is 48.1 Å². The van der Waals surface area contributed by atoms with Crippen molar-refractivity contribution >= 4 is 0 Å². The van der Waals surface area contributed by atoms with Crippen molar-refractivity contribution < 1.29 is 4.74 Å². The largest absolute Gasteiger partial charge is 0.475 e. The van der Waals surface area contributed by atoms with E-state index in [1.54, 1.807) is 6.20 Å². The number of nitrogens with two attached hydrogens (primary N) is 1. The Hall–Kier alpha value is -1.09. The molecule has 0 amide bonds. The number of ether oxygens (including phenoxy) is 1. The van der Waals surface area contributed by atoms with Crippen LogP contribution >= 0.6 is 0 Å². The third-order valence-electron chi connectivity index (χ3n) is 2.82. The Morgan fingerprint density at radius 2 is 2.18 bits per heavy atom. The van der Waals surface area contributed by atoms with Crippen LogP contribution in [0.4, 0.5) is 0 Å². The van der Waals surface area contributed by atoms with Crippen LogP contribution in [0.5, 0.6) is 5.88 Å². The Morgan fingerprint density at radius 3 is 2.88 bits per heavy atom. The summed E-state index contributed by atoms with van der Waals surface area (Å²) in [5.41, 5.74) is 6.64. The van der Waals surface area contributed by atoms with E-state index in [4.69, 9.17) is 10.5 Å². The number of aromatic nitrogens is 1. The van der Waals surface area contributed by atoms with Gasteiger partial charge in [-0.15, -0.1) is 0 Å². The number of unbranched alkanes of at least 4 members (excludes halogenated alkanes) is 3. The second kappa shape index (κ2) is 8.07. The molecule has 96 valence electrons. The number of rotatable bonds is 8. The summed E-state index contributed by atoms with van der Waals surface area (Å²) in [6.45, 7) is 4.86. The maximum atomic E-state index is 5.77. The van der Waals surface area contributed by atoms with Crippen LogP contribution in [0, 0.1) is 0 Å². The highest BCUT2D eigenvalue weighted by atomic mass is 16.5. The van der Waals surface area contributed by atoms with Gasteiger partial charge in [0.1, 0.15) is 0 Å². The number of hydrogen-bond donors (Lipinski definition) is 1. The lowest BCUT2D eigenvalue weighted by molar-refractivity contribution is 0.198. The minimum Gasteiger partial charge on any atom is -0.475 e. The Kier molecular flexibility index (Phi) is 6.63. The average molecular weight is 236 g/mol. The van der Waals surface area contributed by atoms with Crippen LogP contribution in [0.1, 0.15) is 51.5 Å². The lowest BCUT2D eigenvalue weighted by Crippen LogP contribution is -2.12. The van der Waals surface area contributed by atoms with Gasteiger partial charge in [-0.1, -0.05) is 26.2 Å². The van der Waals surface area contributed by atoms with Gasteiger partial charge in [-0.3, -0.25) is 0 Å². The lowest BCUT2D eigenvalue weighted by atomic mass is 10.1. The molecule has 1 aromatic rings. The van der Waals surface area contributed by atoms with Gasteiger partial charge in [-0.25, -0.2) is 4.98 Å². The lowest BCUT2D eigenvalue weighted by Gasteiger charge is -2.14. The molecule has 0 aliphatic rings. The second-order valence-electron chi connectivity index (χ2n) is 4.48. The maximum absolute atomic E-state index is 5.77. The molecule has 0 aromatic carbocycles. The molecule has 0 radical (unpaired) electrons.